The summed E-state index contributed by atoms with van der Waals surface area (Å²) >= 11 is 0. The van der Waals surface area contributed by atoms with Crippen LogP contribution in [0, 0.1) is 0 Å². The van der Waals surface area contributed by atoms with E-state index in [4.69, 9.17) is 9.47 Å². The fourth-order valence-corrected chi connectivity index (χ4v) is 2.58. The van der Waals surface area contributed by atoms with Crippen molar-refractivity contribution in [2.75, 3.05) is 19.0 Å². The van der Waals surface area contributed by atoms with Gasteiger partial charge in [0, 0.05) is 12.1 Å². The summed E-state index contributed by atoms with van der Waals surface area (Å²) in [6.45, 7) is 0.511. The Balaban J connectivity index is 1.64. The van der Waals surface area contributed by atoms with Gasteiger partial charge in [0.25, 0.3) is 5.91 Å². The van der Waals surface area contributed by atoms with Crippen LogP contribution in [0.5, 0.6) is 11.5 Å². The molecule has 26 heavy (non-hydrogen) atoms. The largest absolute Gasteiger partial charge is 0.497 e. The number of para-hydroxylation sites is 1. The summed E-state index contributed by atoms with van der Waals surface area (Å²) < 4.78 is 11.0. The van der Waals surface area contributed by atoms with Gasteiger partial charge in [0.05, 0.1) is 19.3 Å². The van der Waals surface area contributed by atoms with Crippen LogP contribution in [-0.4, -0.2) is 19.6 Å². The van der Waals surface area contributed by atoms with E-state index in [9.17, 15) is 4.79 Å². The van der Waals surface area contributed by atoms with Gasteiger partial charge in [0.1, 0.15) is 11.5 Å². The third kappa shape index (κ3) is 4.63. The van der Waals surface area contributed by atoms with Crippen molar-refractivity contribution in [1.82, 2.24) is 0 Å². The van der Waals surface area contributed by atoms with Gasteiger partial charge in [0.15, 0.2) is 0 Å². The molecule has 3 aromatic rings. The van der Waals surface area contributed by atoms with Crippen molar-refractivity contribution in [3.8, 4) is 11.5 Å². The van der Waals surface area contributed by atoms with Gasteiger partial charge in [-0.05, 0) is 42.0 Å². The molecule has 0 spiro atoms. The quantitative estimate of drug-likeness (QED) is 0.681. The number of carbonyl (C=O) groups is 1. The van der Waals surface area contributed by atoms with Gasteiger partial charge in [0.2, 0.25) is 0 Å². The molecule has 0 radical (unpaired) electrons. The van der Waals surface area contributed by atoms with Gasteiger partial charge in [-0.3, -0.25) is 4.79 Å². The molecule has 132 valence electrons. The van der Waals surface area contributed by atoms with E-state index in [1.165, 1.54) is 5.56 Å². The predicted octanol–water partition coefficient (Wildman–Crippen LogP) is 4.57. The average molecular weight is 347 g/mol. The monoisotopic (exact) mass is 347 g/mol. The van der Waals surface area contributed by atoms with E-state index in [1.54, 1.807) is 37.4 Å². The molecule has 0 aromatic heterocycles. The van der Waals surface area contributed by atoms with E-state index in [2.05, 4.69) is 17.4 Å². The van der Waals surface area contributed by atoms with Crippen molar-refractivity contribution in [3.63, 3.8) is 0 Å². The number of amides is 1. The Hall–Kier alpha value is -3.27. The standard InChI is InChI=1S/C22H21NO3/c1-25-19-13-11-18(12-14-19)23-22(24)20-9-5-6-10-21(20)26-16-15-17-7-3-2-4-8-17/h2-14H,15-16H2,1H3,(H,23,24). The van der Waals surface area contributed by atoms with Crippen molar-refractivity contribution in [2.45, 2.75) is 6.42 Å². The molecule has 3 rings (SSSR count). The van der Waals surface area contributed by atoms with E-state index < -0.39 is 0 Å². The molecule has 4 heteroatoms. The number of ether oxygens (including phenoxy) is 2. The minimum absolute atomic E-state index is 0.203. The second-order valence-corrected chi connectivity index (χ2v) is 5.76. The summed E-state index contributed by atoms with van der Waals surface area (Å²) in [5, 5.41) is 2.88. The van der Waals surface area contributed by atoms with Gasteiger partial charge in [-0.2, -0.15) is 0 Å². The summed E-state index contributed by atoms with van der Waals surface area (Å²) in [6, 6.07) is 24.6. The van der Waals surface area contributed by atoms with E-state index in [-0.39, 0.29) is 5.91 Å². The molecule has 0 aliphatic carbocycles. The van der Waals surface area contributed by atoms with Crippen LogP contribution < -0.4 is 14.8 Å². The fraction of sp³-hybridized carbons (Fsp3) is 0.136. The molecular formula is C22H21NO3. The van der Waals surface area contributed by atoms with Gasteiger partial charge in [-0.25, -0.2) is 0 Å². The number of rotatable bonds is 7. The molecule has 0 heterocycles. The first-order valence-corrected chi connectivity index (χ1v) is 8.47. The zero-order valence-electron chi connectivity index (χ0n) is 14.6. The molecule has 0 saturated carbocycles. The molecule has 0 fully saturated rings. The van der Waals surface area contributed by atoms with Gasteiger partial charge in [-0.15, -0.1) is 0 Å². The van der Waals surface area contributed by atoms with Crippen molar-refractivity contribution in [3.05, 3.63) is 90.0 Å². The molecule has 0 bridgehead atoms. The van der Waals surface area contributed by atoms with E-state index in [0.717, 1.165) is 12.2 Å². The number of anilines is 1. The Kier molecular flexibility index (Phi) is 5.88. The maximum absolute atomic E-state index is 12.6. The molecule has 0 saturated heterocycles. The molecule has 0 unspecified atom stereocenters. The van der Waals surface area contributed by atoms with Gasteiger partial charge in [-0.1, -0.05) is 42.5 Å². The molecular weight excluding hydrogens is 326 g/mol. The number of hydrogen-bond acceptors (Lipinski definition) is 3. The summed E-state index contributed by atoms with van der Waals surface area (Å²) in [7, 11) is 1.61. The number of nitrogens with one attached hydrogen (secondary N) is 1. The Morgan fingerprint density at radius 1 is 0.885 bits per heavy atom. The highest BCUT2D eigenvalue weighted by molar-refractivity contribution is 6.06. The molecule has 1 N–H and O–H groups in total. The molecule has 4 nitrogen and oxygen atoms in total. The maximum atomic E-state index is 12.6. The van der Waals surface area contributed by atoms with E-state index in [1.807, 2.05) is 36.4 Å². The SMILES string of the molecule is COc1ccc(NC(=O)c2ccccc2OCCc2ccccc2)cc1. The molecule has 0 aliphatic heterocycles. The Morgan fingerprint density at radius 3 is 2.31 bits per heavy atom. The number of methoxy groups -OCH3 is 1. The third-order valence-corrected chi connectivity index (χ3v) is 3.97. The van der Waals surface area contributed by atoms with Crippen LogP contribution in [0.3, 0.4) is 0 Å². The first-order chi connectivity index (χ1) is 12.8. The lowest BCUT2D eigenvalue weighted by Crippen LogP contribution is -2.14. The first-order valence-electron chi connectivity index (χ1n) is 8.47. The van der Waals surface area contributed by atoms with Crippen LogP contribution >= 0.6 is 0 Å². The highest BCUT2D eigenvalue weighted by atomic mass is 16.5. The molecule has 0 atom stereocenters. The zero-order valence-corrected chi connectivity index (χ0v) is 14.6. The second kappa shape index (κ2) is 8.72. The van der Waals surface area contributed by atoms with Crippen LogP contribution in [0.1, 0.15) is 15.9 Å². The summed E-state index contributed by atoms with van der Waals surface area (Å²) in [5.74, 6) is 1.12. The van der Waals surface area contributed by atoms with Crippen molar-refractivity contribution >= 4 is 11.6 Å². The van der Waals surface area contributed by atoms with Crippen molar-refractivity contribution in [2.24, 2.45) is 0 Å². The highest BCUT2D eigenvalue weighted by Crippen LogP contribution is 2.21. The molecule has 3 aromatic carbocycles. The van der Waals surface area contributed by atoms with Crippen LogP contribution in [-0.2, 0) is 6.42 Å². The minimum atomic E-state index is -0.203. The van der Waals surface area contributed by atoms with Crippen LogP contribution in [0.2, 0.25) is 0 Å². The Bertz CT molecular complexity index is 845. The number of benzene rings is 3. The van der Waals surface area contributed by atoms with E-state index in [0.29, 0.717) is 23.6 Å². The summed E-state index contributed by atoms with van der Waals surface area (Å²) in [5.41, 5.74) is 2.42. The third-order valence-electron chi connectivity index (χ3n) is 3.97. The highest BCUT2D eigenvalue weighted by Gasteiger charge is 2.12. The van der Waals surface area contributed by atoms with E-state index >= 15 is 0 Å². The maximum Gasteiger partial charge on any atom is 0.259 e. The Morgan fingerprint density at radius 2 is 1.58 bits per heavy atom. The lowest BCUT2D eigenvalue weighted by Gasteiger charge is -2.12. The number of hydrogen-bond donors (Lipinski definition) is 1. The van der Waals surface area contributed by atoms with Crippen LogP contribution in [0.4, 0.5) is 5.69 Å². The zero-order chi connectivity index (χ0) is 18.2. The lowest BCUT2D eigenvalue weighted by atomic mass is 10.1. The average Bonchev–Trinajstić information content (AvgIpc) is 2.70. The van der Waals surface area contributed by atoms with Crippen molar-refractivity contribution < 1.29 is 14.3 Å². The lowest BCUT2D eigenvalue weighted by molar-refractivity contribution is 0.102. The smallest absolute Gasteiger partial charge is 0.259 e. The number of carbonyl (C=O) groups excluding carboxylic acids is 1. The summed E-state index contributed by atoms with van der Waals surface area (Å²) in [6.07, 6.45) is 0.787. The van der Waals surface area contributed by atoms with Crippen molar-refractivity contribution in [1.29, 1.82) is 0 Å². The first kappa shape index (κ1) is 17.5. The fourth-order valence-electron chi connectivity index (χ4n) is 2.58. The minimum Gasteiger partial charge on any atom is -0.497 e. The second-order valence-electron chi connectivity index (χ2n) is 5.76. The summed E-state index contributed by atoms with van der Waals surface area (Å²) in [4.78, 5) is 12.6. The Labute approximate surface area is 153 Å². The molecule has 0 aliphatic rings. The van der Waals surface area contributed by atoms with Gasteiger partial charge < -0.3 is 14.8 Å². The topological polar surface area (TPSA) is 47.6 Å². The van der Waals surface area contributed by atoms with Gasteiger partial charge >= 0.3 is 0 Å². The van der Waals surface area contributed by atoms with Crippen LogP contribution in [0.15, 0.2) is 78.9 Å². The predicted molar refractivity (Wildman–Crippen MR) is 103 cm³/mol. The normalized spacial score (nSPS) is 10.2. The van der Waals surface area contributed by atoms with Crippen LogP contribution in [0.25, 0.3) is 0 Å². The molecule has 1 amide bonds.